The van der Waals surface area contributed by atoms with Gasteiger partial charge in [-0.05, 0) is 55.7 Å². The van der Waals surface area contributed by atoms with Crippen molar-refractivity contribution in [2.45, 2.75) is 56.7 Å². The number of tetrazole rings is 1. The molecule has 0 spiro atoms. The molecule has 1 aromatic carbocycles. The number of carbonyl (C=O) groups excluding carboxylic acids is 1. The summed E-state index contributed by atoms with van der Waals surface area (Å²) in [5, 5.41) is 12.3. The van der Waals surface area contributed by atoms with Crippen molar-refractivity contribution in [3.05, 3.63) is 34.9 Å². The molecule has 2 unspecified atom stereocenters. The van der Waals surface area contributed by atoms with Gasteiger partial charge in [-0.2, -0.15) is 0 Å². The van der Waals surface area contributed by atoms with Crippen LogP contribution in [0.4, 0.5) is 0 Å². The van der Waals surface area contributed by atoms with Crippen molar-refractivity contribution in [2.24, 2.45) is 0 Å². The average Bonchev–Trinajstić information content (AvgIpc) is 3.22. The summed E-state index contributed by atoms with van der Waals surface area (Å²) in [6, 6.07) is 5.96. The van der Waals surface area contributed by atoms with Crippen LogP contribution in [0.3, 0.4) is 0 Å². The molecule has 1 aliphatic heterocycles. The lowest BCUT2D eigenvalue weighted by molar-refractivity contribution is 0.0911. The molecular weight excluding hydrogens is 324 g/mol. The number of hydrogen-bond donors (Lipinski definition) is 0. The van der Waals surface area contributed by atoms with Crippen molar-refractivity contribution in [1.82, 2.24) is 20.2 Å². The molecule has 0 amide bonds. The Balaban J connectivity index is 1.70. The smallest absolute Gasteiger partial charge is 0.210 e. The minimum absolute atomic E-state index is 0.105. The number of ketones is 1. The van der Waals surface area contributed by atoms with Crippen LogP contribution in [-0.4, -0.2) is 44.0 Å². The van der Waals surface area contributed by atoms with Crippen LogP contribution in [0.25, 0.3) is 0 Å². The third kappa shape index (κ3) is 3.84. The van der Waals surface area contributed by atoms with Gasteiger partial charge in [-0.25, -0.2) is 4.68 Å². The molecule has 128 valence electrons. The molecule has 7 heteroatoms. The van der Waals surface area contributed by atoms with Gasteiger partial charge in [0.1, 0.15) is 0 Å². The highest BCUT2D eigenvalue weighted by Gasteiger charge is 2.23. The lowest BCUT2D eigenvalue weighted by Gasteiger charge is -2.14. The van der Waals surface area contributed by atoms with Gasteiger partial charge in [0.15, 0.2) is 5.78 Å². The number of thioether (sulfide) groups is 1. The Kier molecular flexibility index (Phi) is 5.30. The number of ether oxygens (including phenoxy) is 1. The summed E-state index contributed by atoms with van der Waals surface area (Å²) in [7, 11) is 0. The minimum Gasteiger partial charge on any atom is -0.376 e. The van der Waals surface area contributed by atoms with Crippen molar-refractivity contribution < 1.29 is 9.53 Å². The van der Waals surface area contributed by atoms with Crippen LogP contribution in [0.5, 0.6) is 0 Å². The highest BCUT2D eigenvalue weighted by atomic mass is 32.2. The van der Waals surface area contributed by atoms with Crippen LogP contribution < -0.4 is 0 Å². The lowest BCUT2D eigenvalue weighted by atomic mass is 10.0. The molecule has 6 nitrogen and oxygen atoms in total. The van der Waals surface area contributed by atoms with Gasteiger partial charge in [0.05, 0.1) is 17.9 Å². The summed E-state index contributed by atoms with van der Waals surface area (Å²) in [5.74, 6) is 0.105. The van der Waals surface area contributed by atoms with Crippen molar-refractivity contribution in [2.75, 3.05) is 6.61 Å². The molecule has 0 radical (unpaired) electrons. The second-order valence-electron chi connectivity index (χ2n) is 6.22. The van der Waals surface area contributed by atoms with E-state index in [1.54, 1.807) is 4.68 Å². The zero-order valence-corrected chi connectivity index (χ0v) is 15.0. The van der Waals surface area contributed by atoms with Crippen LogP contribution in [0, 0.1) is 13.8 Å². The van der Waals surface area contributed by atoms with Gasteiger partial charge in [-0.3, -0.25) is 4.79 Å². The molecule has 1 aromatic heterocycles. The van der Waals surface area contributed by atoms with E-state index in [1.165, 1.54) is 11.8 Å². The highest BCUT2D eigenvalue weighted by Crippen LogP contribution is 2.26. The fourth-order valence-electron chi connectivity index (χ4n) is 2.81. The van der Waals surface area contributed by atoms with Gasteiger partial charge in [0, 0.05) is 12.2 Å². The molecule has 24 heavy (non-hydrogen) atoms. The van der Waals surface area contributed by atoms with Crippen molar-refractivity contribution >= 4 is 17.5 Å². The molecule has 0 bridgehead atoms. The van der Waals surface area contributed by atoms with Crippen molar-refractivity contribution in [3.63, 3.8) is 0 Å². The van der Waals surface area contributed by atoms with E-state index < -0.39 is 0 Å². The first-order valence-electron chi connectivity index (χ1n) is 8.20. The minimum atomic E-state index is -0.250. The molecule has 2 heterocycles. The van der Waals surface area contributed by atoms with Crippen LogP contribution in [-0.2, 0) is 11.3 Å². The Morgan fingerprint density at radius 1 is 1.46 bits per heavy atom. The Labute approximate surface area is 146 Å². The van der Waals surface area contributed by atoms with E-state index in [4.69, 9.17) is 4.74 Å². The third-order valence-electron chi connectivity index (χ3n) is 4.21. The maximum atomic E-state index is 12.8. The topological polar surface area (TPSA) is 69.9 Å². The highest BCUT2D eigenvalue weighted by molar-refractivity contribution is 8.00. The predicted molar refractivity (Wildman–Crippen MR) is 92.4 cm³/mol. The zero-order valence-electron chi connectivity index (χ0n) is 14.2. The number of nitrogens with zero attached hydrogens (tertiary/aromatic N) is 4. The first kappa shape index (κ1) is 17.1. The summed E-state index contributed by atoms with van der Waals surface area (Å²) < 4.78 is 7.38. The van der Waals surface area contributed by atoms with E-state index >= 15 is 0 Å². The summed E-state index contributed by atoms with van der Waals surface area (Å²) in [4.78, 5) is 12.8. The van der Waals surface area contributed by atoms with Crippen LogP contribution in [0.15, 0.2) is 23.4 Å². The summed E-state index contributed by atoms with van der Waals surface area (Å²) in [5.41, 5.74) is 2.86. The number of aromatic nitrogens is 4. The van der Waals surface area contributed by atoms with Crippen molar-refractivity contribution in [1.29, 1.82) is 0 Å². The van der Waals surface area contributed by atoms with E-state index in [0.29, 0.717) is 11.7 Å². The Hall–Kier alpha value is -1.73. The number of carbonyl (C=O) groups is 1. The fraction of sp³-hybridized carbons (Fsp3) is 0.529. The molecule has 1 fully saturated rings. The number of aryl methyl sites for hydroxylation is 2. The normalized spacial score (nSPS) is 18.7. The number of Topliss-reactive ketones (excluding diaryl/α,β-unsaturated/α-hetero) is 1. The van der Waals surface area contributed by atoms with Crippen molar-refractivity contribution in [3.8, 4) is 0 Å². The van der Waals surface area contributed by atoms with Gasteiger partial charge in [-0.15, -0.1) is 5.10 Å². The first-order chi connectivity index (χ1) is 11.5. The number of hydrogen-bond acceptors (Lipinski definition) is 6. The standard InChI is InChI=1S/C17H22N4O2S/c1-11-6-7-12(2)15(9-11)16(22)13(3)24-17-18-19-20-21(17)10-14-5-4-8-23-14/h6-7,9,13-14H,4-5,8,10H2,1-3H3. The molecule has 1 aliphatic rings. The lowest BCUT2D eigenvalue weighted by Crippen LogP contribution is -2.19. The summed E-state index contributed by atoms with van der Waals surface area (Å²) >= 11 is 1.40. The van der Waals surface area contributed by atoms with E-state index in [-0.39, 0.29) is 17.1 Å². The maximum Gasteiger partial charge on any atom is 0.210 e. The second kappa shape index (κ2) is 7.44. The van der Waals surface area contributed by atoms with Crippen LogP contribution in [0.1, 0.15) is 41.3 Å². The van der Waals surface area contributed by atoms with E-state index in [2.05, 4.69) is 15.5 Å². The first-order valence-corrected chi connectivity index (χ1v) is 9.08. The zero-order chi connectivity index (χ0) is 17.1. The van der Waals surface area contributed by atoms with Crippen LogP contribution in [0.2, 0.25) is 0 Å². The third-order valence-corrected chi connectivity index (χ3v) is 5.28. The van der Waals surface area contributed by atoms with E-state index in [0.717, 1.165) is 36.1 Å². The monoisotopic (exact) mass is 346 g/mol. The number of benzene rings is 1. The second-order valence-corrected chi connectivity index (χ2v) is 7.53. The summed E-state index contributed by atoms with van der Waals surface area (Å²) in [6.07, 6.45) is 2.27. The van der Waals surface area contributed by atoms with E-state index in [1.807, 2.05) is 39.0 Å². The molecule has 3 rings (SSSR count). The van der Waals surface area contributed by atoms with E-state index in [9.17, 15) is 4.79 Å². The molecule has 1 saturated heterocycles. The van der Waals surface area contributed by atoms with Gasteiger partial charge in [0.25, 0.3) is 0 Å². The van der Waals surface area contributed by atoms with Gasteiger partial charge in [0.2, 0.25) is 5.16 Å². The Bertz CT molecular complexity index is 725. The van der Waals surface area contributed by atoms with Gasteiger partial charge in [-0.1, -0.05) is 29.5 Å². The quantitative estimate of drug-likeness (QED) is 0.592. The maximum absolute atomic E-state index is 12.8. The van der Waals surface area contributed by atoms with Gasteiger partial charge < -0.3 is 4.74 Å². The van der Waals surface area contributed by atoms with Crippen LogP contribution >= 0.6 is 11.8 Å². The van der Waals surface area contributed by atoms with Gasteiger partial charge >= 0.3 is 0 Å². The molecule has 2 atom stereocenters. The number of rotatable bonds is 6. The molecule has 2 aromatic rings. The fourth-order valence-corrected chi connectivity index (χ4v) is 3.68. The predicted octanol–water partition coefficient (Wildman–Crippen LogP) is 2.83. The Morgan fingerprint density at radius 3 is 3.04 bits per heavy atom. The Morgan fingerprint density at radius 2 is 2.29 bits per heavy atom. The SMILES string of the molecule is Cc1ccc(C)c(C(=O)C(C)Sc2nnnn2CC2CCCO2)c1. The average molecular weight is 346 g/mol. The molecule has 0 N–H and O–H groups in total. The molecular formula is C17H22N4O2S. The molecule has 0 saturated carbocycles. The summed E-state index contributed by atoms with van der Waals surface area (Å²) in [6.45, 7) is 7.30. The largest absolute Gasteiger partial charge is 0.376 e. The molecule has 0 aliphatic carbocycles.